The molecular formula is C15H18N2O2S. The molecule has 4 nitrogen and oxygen atoms in total. The maximum Gasteiger partial charge on any atom is 0.190 e. The van der Waals surface area contributed by atoms with E-state index in [4.69, 9.17) is 4.74 Å². The minimum atomic E-state index is 0.228. The summed E-state index contributed by atoms with van der Waals surface area (Å²) in [4.78, 5) is 18.4. The van der Waals surface area contributed by atoms with Crippen molar-refractivity contribution in [1.29, 1.82) is 0 Å². The van der Waals surface area contributed by atoms with Crippen LogP contribution in [0.1, 0.15) is 35.1 Å². The summed E-state index contributed by atoms with van der Waals surface area (Å²) >= 11 is 1.40. The number of rotatable bonds is 5. The van der Waals surface area contributed by atoms with Gasteiger partial charge in [0.25, 0.3) is 0 Å². The molecule has 0 saturated heterocycles. The van der Waals surface area contributed by atoms with E-state index in [1.165, 1.54) is 11.3 Å². The monoisotopic (exact) mass is 290 g/mol. The van der Waals surface area contributed by atoms with E-state index < -0.39 is 0 Å². The Morgan fingerprint density at radius 2 is 2.05 bits per heavy atom. The summed E-state index contributed by atoms with van der Waals surface area (Å²) in [6.07, 6.45) is 0.882. The molecule has 0 spiro atoms. The van der Waals surface area contributed by atoms with E-state index in [0.29, 0.717) is 4.88 Å². The number of hydrogen-bond acceptors (Lipinski definition) is 5. The average molecular weight is 290 g/mol. The lowest BCUT2D eigenvalue weighted by atomic mass is 10.1. The van der Waals surface area contributed by atoms with Gasteiger partial charge in [0.2, 0.25) is 0 Å². The van der Waals surface area contributed by atoms with Crippen molar-refractivity contribution in [3.63, 3.8) is 0 Å². The quantitative estimate of drug-likeness (QED) is 0.784. The van der Waals surface area contributed by atoms with Gasteiger partial charge in [0.1, 0.15) is 5.75 Å². The third-order valence-electron chi connectivity index (χ3n) is 3.06. The van der Waals surface area contributed by atoms with Gasteiger partial charge in [-0.3, -0.25) is 4.79 Å². The Bertz CT molecular complexity index is 608. The van der Waals surface area contributed by atoms with E-state index in [2.05, 4.69) is 4.98 Å². The van der Waals surface area contributed by atoms with Gasteiger partial charge in [-0.1, -0.05) is 37.3 Å². The average Bonchev–Trinajstić information content (AvgIpc) is 2.91. The van der Waals surface area contributed by atoms with Crippen molar-refractivity contribution >= 4 is 28.4 Å². The molecule has 1 heterocycles. The van der Waals surface area contributed by atoms with Gasteiger partial charge >= 0.3 is 0 Å². The number of benzene rings is 1. The van der Waals surface area contributed by atoms with Crippen LogP contribution in [0.5, 0.6) is 5.75 Å². The molecule has 0 bridgehead atoms. The molecule has 0 saturated carbocycles. The summed E-state index contributed by atoms with van der Waals surface area (Å²) in [5.74, 6) is 1.01. The SMILES string of the molecule is COc1ccccc1N(C)c1nc(C(C)C)c(C=O)s1. The van der Waals surface area contributed by atoms with Crippen LogP contribution in [-0.4, -0.2) is 25.4 Å². The Morgan fingerprint density at radius 3 is 2.60 bits per heavy atom. The van der Waals surface area contributed by atoms with Gasteiger partial charge < -0.3 is 9.64 Å². The summed E-state index contributed by atoms with van der Waals surface area (Å²) in [6.45, 7) is 4.07. The number of carbonyl (C=O) groups is 1. The van der Waals surface area contributed by atoms with Gasteiger partial charge in [0.15, 0.2) is 11.4 Å². The van der Waals surface area contributed by atoms with Gasteiger partial charge in [-0.05, 0) is 18.1 Å². The van der Waals surface area contributed by atoms with E-state index in [0.717, 1.165) is 28.5 Å². The Kier molecular flexibility index (Phi) is 4.39. The number of para-hydroxylation sites is 2. The number of carbonyl (C=O) groups excluding carboxylic acids is 1. The molecule has 2 aromatic rings. The van der Waals surface area contributed by atoms with Crippen molar-refractivity contribution in [3.05, 3.63) is 34.8 Å². The number of nitrogens with zero attached hydrogens (tertiary/aromatic N) is 2. The molecular weight excluding hydrogens is 272 g/mol. The molecule has 20 heavy (non-hydrogen) atoms. The van der Waals surface area contributed by atoms with Gasteiger partial charge in [0.05, 0.1) is 23.4 Å². The third-order valence-corrected chi connectivity index (χ3v) is 4.13. The molecule has 0 atom stereocenters. The van der Waals surface area contributed by atoms with E-state index >= 15 is 0 Å². The summed E-state index contributed by atoms with van der Waals surface area (Å²) < 4.78 is 5.36. The first-order chi connectivity index (χ1) is 9.58. The van der Waals surface area contributed by atoms with Crippen molar-refractivity contribution in [2.75, 3.05) is 19.1 Å². The number of ether oxygens (including phenoxy) is 1. The fourth-order valence-electron chi connectivity index (χ4n) is 1.98. The van der Waals surface area contributed by atoms with Crippen LogP contribution in [0.15, 0.2) is 24.3 Å². The third kappa shape index (κ3) is 2.67. The van der Waals surface area contributed by atoms with Crippen molar-refractivity contribution in [2.24, 2.45) is 0 Å². The highest BCUT2D eigenvalue weighted by Crippen LogP contribution is 2.36. The van der Waals surface area contributed by atoms with Crippen LogP contribution in [-0.2, 0) is 0 Å². The standard InChI is InChI=1S/C15H18N2O2S/c1-10(2)14-13(9-18)20-15(16-14)17(3)11-7-5-6-8-12(11)19-4/h5-10H,1-4H3. The lowest BCUT2D eigenvalue weighted by Gasteiger charge is -2.18. The molecule has 1 aromatic heterocycles. The Balaban J connectivity index is 2.43. The van der Waals surface area contributed by atoms with E-state index in [-0.39, 0.29) is 5.92 Å². The zero-order chi connectivity index (χ0) is 14.7. The number of thiazole rings is 1. The predicted molar refractivity (Wildman–Crippen MR) is 82.6 cm³/mol. The first-order valence-corrected chi connectivity index (χ1v) is 7.22. The van der Waals surface area contributed by atoms with E-state index in [1.54, 1.807) is 7.11 Å². The molecule has 0 N–H and O–H groups in total. The second-order valence-electron chi connectivity index (χ2n) is 4.75. The molecule has 1 aromatic carbocycles. The van der Waals surface area contributed by atoms with Crippen LogP contribution in [0.4, 0.5) is 10.8 Å². The van der Waals surface area contributed by atoms with Gasteiger partial charge in [-0.25, -0.2) is 4.98 Å². The molecule has 5 heteroatoms. The van der Waals surface area contributed by atoms with Gasteiger partial charge in [-0.2, -0.15) is 0 Å². The lowest BCUT2D eigenvalue weighted by molar-refractivity contribution is 0.112. The van der Waals surface area contributed by atoms with Crippen LogP contribution in [0.3, 0.4) is 0 Å². The highest BCUT2D eigenvalue weighted by molar-refractivity contribution is 7.17. The maximum absolute atomic E-state index is 11.2. The van der Waals surface area contributed by atoms with Crippen LogP contribution in [0.2, 0.25) is 0 Å². The predicted octanol–water partition coefficient (Wildman–Crippen LogP) is 3.86. The lowest BCUT2D eigenvalue weighted by Crippen LogP contribution is -2.10. The second-order valence-corrected chi connectivity index (χ2v) is 5.76. The van der Waals surface area contributed by atoms with Crippen molar-refractivity contribution < 1.29 is 9.53 Å². The molecule has 0 aliphatic carbocycles. The van der Waals surface area contributed by atoms with Crippen LogP contribution >= 0.6 is 11.3 Å². The highest BCUT2D eigenvalue weighted by atomic mass is 32.1. The highest BCUT2D eigenvalue weighted by Gasteiger charge is 2.18. The van der Waals surface area contributed by atoms with Gasteiger partial charge in [-0.15, -0.1) is 0 Å². The van der Waals surface area contributed by atoms with E-state index in [9.17, 15) is 4.79 Å². The molecule has 0 amide bonds. The minimum absolute atomic E-state index is 0.228. The first kappa shape index (κ1) is 14.5. The van der Waals surface area contributed by atoms with Crippen LogP contribution in [0, 0.1) is 0 Å². The zero-order valence-corrected chi connectivity index (χ0v) is 12.9. The molecule has 0 aliphatic heterocycles. The Hall–Kier alpha value is -1.88. The van der Waals surface area contributed by atoms with E-state index in [1.807, 2.05) is 50.1 Å². The van der Waals surface area contributed by atoms with Crippen molar-refractivity contribution in [1.82, 2.24) is 4.98 Å². The van der Waals surface area contributed by atoms with Crippen LogP contribution < -0.4 is 9.64 Å². The zero-order valence-electron chi connectivity index (χ0n) is 12.1. The summed E-state index contributed by atoms with van der Waals surface area (Å²) in [7, 11) is 3.57. The molecule has 0 radical (unpaired) electrons. The fourth-order valence-corrected chi connectivity index (χ4v) is 2.99. The minimum Gasteiger partial charge on any atom is -0.495 e. The molecule has 0 fully saturated rings. The number of aldehydes is 1. The fraction of sp³-hybridized carbons (Fsp3) is 0.333. The summed E-state index contributed by atoms with van der Waals surface area (Å²) in [6, 6.07) is 7.75. The maximum atomic E-state index is 11.2. The Morgan fingerprint density at radius 1 is 1.35 bits per heavy atom. The normalized spacial score (nSPS) is 10.7. The van der Waals surface area contributed by atoms with Gasteiger partial charge in [0, 0.05) is 7.05 Å². The first-order valence-electron chi connectivity index (χ1n) is 6.41. The largest absolute Gasteiger partial charge is 0.495 e. The molecule has 0 aliphatic rings. The Labute approximate surface area is 123 Å². The molecule has 0 unspecified atom stereocenters. The number of methoxy groups -OCH3 is 1. The number of hydrogen-bond donors (Lipinski definition) is 0. The smallest absolute Gasteiger partial charge is 0.190 e. The topological polar surface area (TPSA) is 42.4 Å². The number of anilines is 2. The van der Waals surface area contributed by atoms with Crippen molar-refractivity contribution in [3.8, 4) is 5.75 Å². The number of aromatic nitrogens is 1. The second kappa shape index (κ2) is 6.05. The summed E-state index contributed by atoms with van der Waals surface area (Å²) in [5, 5.41) is 0.792. The van der Waals surface area contributed by atoms with Crippen molar-refractivity contribution in [2.45, 2.75) is 19.8 Å². The van der Waals surface area contributed by atoms with Crippen LogP contribution in [0.25, 0.3) is 0 Å². The molecule has 106 valence electrons. The molecule has 2 rings (SSSR count). The summed E-state index contributed by atoms with van der Waals surface area (Å²) in [5.41, 5.74) is 1.78.